The molecular formula is C16H16N2O. The molecule has 1 heterocycles. The first kappa shape index (κ1) is 11.8. The number of anilines is 2. The molecule has 0 radical (unpaired) electrons. The summed E-state index contributed by atoms with van der Waals surface area (Å²) >= 11 is 0. The highest BCUT2D eigenvalue weighted by Gasteiger charge is 2.35. The van der Waals surface area contributed by atoms with E-state index < -0.39 is 0 Å². The maximum Gasteiger partial charge on any atom is 0.254 e. The fraction of sp³-hybridized carbons (Fsp3) is 0.188. The molecule has 0 fully saturated rings. The minimum Gasteiger partial charge on any atom is -0.357 e. The molecule has 19 heavy (non-hydrogen) atoms. The van der Waals surface area contributed by atoms with Gasteiger partial charge in [0.15, 0.2) is 0 Å². The van der Waals surface area contributed by atoms with Crippen LogP contribution in [-0.4, -0.2) is 20.0 Å². The van der Waals surface area contributed by atoms with Crippen LogP contribution in [0.5, 0.6) is 0 Å². The summed E-state index contributed by atoms with van der Waals surface area (Å²) in [4.78, 5) is 16.4. The molecule has 1 amide bonds. The third-order valence-electron chi connectivity index (χ3n) is 3.69. The van der Waals surface area contributed by atoms with Crippen LogP contribution in [0.1, 0.15) is 11.6 Å². The van der Waals surface area contributed by atoms with Gasteiger partial charge in [-0.1, -0.05) is 42.5 Å². The molecule has 0 saturated heterocycles. The van der Waals surface area contributed by atoms with Crippen molar-refractivity contribution in [2.24, 2.45) is 0 Å². The molecule has 1 unspecified atom stereocenters. The largest absolute Gasteiger partial charge is 0.357 e. The molecule has 1 aliphatic rings. The van der Waals surface area contributed by atoms with E-state index in [9.17, 15) is 4.79 Å². The number of amides is 1. The zero-order chi connectivity index (χ0) is 13.4. The molecule has 3 rings (SSSR count). The number of likely N-dealkylation sites (N-methyl/N-ethyl adjacent to an activating group) is 2. The van der Waals surface area contributed by atoms with Gasteiger partial charge in [0.1, 0.15) is 6.04 Å². The number of hydrogen-bond donors (Lipinski definition) is 0. The Balaban J connectivity index is 2.12. The number of carbonyl (C=O) groups is 1. The topological polar surface area (TPSA) is 23.6 Å². The Morgan fingerprint density at radius 2 is 1.42 bits per heavy atom. The highest BCUT2D eigenvalue weighted by atomic mass is 16.2. The average molecular weight is 252 g/mol. The van der Waals surface area contributed by atoms with Gasteiger partial charge in [-0.15, -0.1) is 0 Å². The summed E-state index contributed by atoms with van der Waals surface area (Å²) in [6.07, 6.45) is 0. The van der Waals surface area contributed by atoms with Gasteiger partial charge < -0.3 is 9.80 Å². The van der Waals surface area contributed by atoms with E-state index in [0.29, 0.717) is 0 Å². The van der Waals surface area contributed by atoms with Crippen LogP contribution < -0.4 is 9.80 Å². The molecular weight excluding hydrogens is 236 g/mol. The molecule has 0 aromatic heterocycles. The second-order valence-corrected chi connectivity index (χ2v) is 4.81. The maximum atomic E-state index is 12.6. The maximum absolute atomic E-state index is 12.6. The van der Waals surface area contributed by atoms with E-state index in [1.54, 1.807) is 4.90 Å². The lowest BCUT2D eigenvalue weighted by atomic mass is 10.00. The second-order valence-electron chi connectivity index (χ2n) is 4.81. The number of hydrogen-bond acceptors (Lipinski definition) is 2. The Bertz CT molecular complexity index is 609. The van der Waals surface area contributed by atoms with E-state index in [4.69, 9.17) is 0 Å². The van der Waals surface area contributed by atoms with Crippen LogP contribution >= 0.6 is 0 Å². The summed E-state index contributed by atoms with van der Waals surface area (Å²) in [6.45, 7) is 0. The van der Waals surface area contributed by atoms with Gasteiger partial charge in [-0.25, -0.2) is 0 Å². The minimum atomic E-state index is -0.249. The molecule has 96 valence electrons. The fourth-order valence-electron chi connectivity index (χ4n) is 2.65. The monoisotopic (exact) mass is 252 g/mol. The first-order valence-electron chi connectivity index (χ1n) is 6.34. The minimum absolute atomic E-state index is 0.104. The van der Waals surface area contributed by atoms with E-state index in [0.717, 1.165) is 16.9 Å². The van der Waals surface area contributed by atoms with Crippen molar-refractivity contribution in [1.82, 2.24) is 0 Å². The number of rotatable bonds is 1. The second kappa shape index (κ2) is 4.43. The standard InChI is InChI=1S/C16H16N2O/c1-17-13-10-6-7-11-14(13)18(2)16(19)15(17)12-8-4-3-5-9-12/h3-11,15H,1-2H3. The Morgan fingerprint density at radius 3 is 2.11 bits per heavy atom. The Kier molecular flexibility index (Phi) is 2.75. The molecule has 0 N–H and O–H groups in total. The van der Waals surface area contributed by atoms with Crippen molar-refractivity contribution in [3.8, 4) is 0 Å². The van der Waals surface area contributed by atoms with E-state index in [1.165, 1.54) is 0 Å². The summed E-state index contributed by atoms with van der Waals surface area (Å²) in [7, 11) is 3.81. The van der Waals surface area contributed by atoms with Gasteiger partial charge in [0.2, 0.25) is 0 Å². The number of fused-ring (bicyclic) bond motifs is 1. The first-order valence-corrected chi connectivity index (χ1v) is 6.34. The number of nitrogens with zero attached hydrogens (tertiary/aromatic N) is 2. The third-order valence-corrected chi connectivity index (χ3v) is 3.69. The van der Waals surface area contributed by atoms with Crippen LogP contribution in [0.15, 0.2) is 54.6 Å². The van der Waals surface area contributed by atoms with Crippen molar-refractivity contribution in [3.63, 3.8) is 0 Å². The lowest BCUT2D eigenvalue weighted by Crippen LogP contribution is -2.44. The van der Waals surface area contributed by atoms with E-state index in [-0.39, 0.29) is 11.9 Å². The van der Waals surface area contributed by atoms with Gasteiger partial charge in [0.05, 0.1) is 11.4 Å². The van der Waals surface area contributed by atoms with E-state index in [2.05, 4.69) is 0 Å². The van der Waals surface area contributed by atoms with E-state index in [1.807, 2.05) is 73.6 Å². The van der Waals surface area contributed by atoms with Crippen LogP contribution in [0.25, 0.3) is 0 Å². The van der Waals surface area contributed by atoms with Crippen molar-refractivity contribution >= 4 is 17.3 Å². The van der Waals surface area contributed by atoms with Crippen molar-refractivity contribution in [3.05, 3.63) is 60.2 Å². The number of para-hydroxylation sites is 2. The Morgan fingerprint density at radius 1 is 0.842 bits per heavy atom. The van der Waals surface area contributed by atoms with Crippen molar-refractivity contribution in [2.75, 3.05) is 23.9 Å². The van der Waals surface area contributed by atoms with Crippen LogP contribution in [0.4, 0.5) is 11.4 Å². The van der Waals surface area contributed by atoms with Crippen LogP contribution in [0, 0.1) is 0 Å². The highest BCUT2D eigenvalue weighted by molar-refractivity contribution is 6.05. The normalized spacial score (nSPS) is 18.4. The first-order chi connectivity index (χ1) is 9.20. The average Bonchev–Trinajstić information content (AvgIpc) is 2.46. The van der Waals surface area contributed by atoms with Crippen LogP contribution in [0.2, 0.25) is 0 Å². The molecule has 2 aromatic rings. The third kappa shape index (κ3) is 1.78. The lowest BCUT2D eigenvalue weighted by Gasteiger charge is -2.39. The number of carbonyl (C=O) groups excluding carboxylic acids is 1. The van der Waals surface area contributed by atoms with Gasteiger partial charge in [0.25, 0.3) is 5.91 Å². The van der Waals surface area contributed by atoms with Crippen LogP contribution in [-0.2, 0) is 4.79 Å². The summed E-state index contributed by atoms with van der Waals surface area (Å²) in [6, 6.07) is 17.6. The molecule has 1 aliphatic heterocycles. The van der Waals surface area contributed by atoms with E-state index >= 15 is 0 Å². The zero-order valence-electron chi connectivity index (χ0n) is 11.1. The Labute approximate surface area is 113 Å². The molecule has 0 bridgehead atoms. The van der Waals surface area contributed by atoms with Gasteiger partial charge >= 0.3 is 0 Å². The van der Waals surface area contributed by atoms with Crippen molar-refractivity contribution < 1.29 is 4.79 Å². The lowest BCUT2D eigenvalue weighted by molar-refractivity contribution is -0.120. The predicted octanol–water partition coefficient (Wildman–Crippen LogP) is 2.84. The highest BCUT2D eigenvalue weighted by Crippen LogP contribution is 2.39. The summed E-state index contributed by atoms with van der Waals surface area (Å²) in [5.74, 6) is 0.104. The van der Waals surface area contributed by atoms with Gasteiger partial charge in [-0.3, -0.25) is 4.79 Å². The number of benzene rings is 2. The zero-order valence-corrected chi connectivity index (χ0v) is 11.1. The van der Waals surface area contributed by atoms with Gasteiger partial charge in [-0.05, 0) is 17.7 Å². The predicted molar refractivity (Wildman–Crippen MR) is 77.4 cm³/mol. The van der Waals surface area contributed by atoms with Crippen molar-refractivity contribution in [1.29, 1.82) is 0 Å². The molecule has 0 aliphatic carbocycles. The van der Waals surface area contributed by atoms with Crippen LogP contribution in [0.3, 0.4) is 0 Å². The molecule has 0 saturated carbocycles. The molecule has 0 spiro atoms. The summed E-state index contributed by atoms with van der Waals surface area (Å²) in [5.41, 5.74) is 3.07. The Hall–Kier alpha value is -2.29. The molecule has 3 heteroatoms. The van der Waals surface area contributed by atoms with Gasteiger partial charge in [-0.2, -0.15) is 0 Å². The quantitative estimate of drug-likeness (QED) is 0.779. The fourth-order valence-corrected chi connectivity index (χ4v) is 2.65. The SMILES string of the molecule is CN1C(=O)C(c2ccccc2)N(C)c2ccccc21. The van der Waals surface area contributed by atoms with Gasteiger partial charge in [0, 0.05) is 14.1 Å². The molecule has 1 atom stereocenters. The molecule has 3 nitrogen and oxygen atoms in total. The molecule has 2 aromatic carbocycles. The summed E-state index contributed by atoms with van der Waals surface area (Å²) in [5, 5.41) is 0. The summed E-state index contributed by atoms with van der Waals surface area (Å²) < 4.78 is 0. The van der Waals surface area contributed by atoms with Crippen molar-refractivity contribution in [2.45, 2.75) is 6.04 Å². The smallest absolute Gasteiger partial charge is 0.254 e.